The van der Waals surface area contributed by atoms with Crippen molar-refractivity contribution >= 4 is 5.91 Å². The van der Waals surface area contributed by atoms with Gasteiger partial charge in [0.05, 0.1) is 5.56 Å². The number of benzene rings is 1. The van der Waals surface area contributed by atoms with Crippen LogP contribution in [0.2, 0.25) is 0 Å². The second kappa shape index (κ2) is 7.63. The van der Waals surface area contributed by atoms with Crippen LogP contribution < -0.4 is 5.32 Å². The highest BCUT2D eigenvalue weighted by molar-refractivity contribution is 5.76. The molecule has 1 aromatic rings. The normalized spacial score (nSPS) is 16.7. The number of nitrogens with zero attached hydrogens (tertiary/aromatic N) is 1. The highest BCUT2D eigenvalue weighted by atomic mass is 19.4. The summed E-state index contributed by atoms with van der Waals surface area (Å²) in [6.07, 6.45) is -0.644. The highest BCUT2D eigenvalue weighted by Crippen LogP contribution is 2.29. The van der Waals surface area contributed by atoms with Crippen LogP contribution in [0.1, 0.15) is 36.8 Å². The maximum absolute atomic E-state index is 12.6. The van der Waals surface area contributed by atoms with Crippen molar-refractivity contribution < 1.29 is 18.0 Å². The molecule has 1 aliphatic rings. The molecule has 1 aliphatic heterocycles. The topological polar surface area (TPSA) is 32.3 Å². The van der Waals surface area contributed by atoms with E-state index in [4.69, 9.17) is 0 Å². The first kappa shape index (κ1) is 16.8. The predicted octanol–water partition coefficient (Wildman–Crippen LogP) is 3.20. The lowest BCUT2D eigenvalue weighted by molar-refractivity contribution is -0.137. The summed E-state index contributed by atoms with van der Waals surface area (Å²) in [6, 6.07) is 5.31. The fraction of sp³-hybridized carbons (Fsp3) is 0.562. The van der Waals surface area contributed by atoms with Crippen molar-refractivity contribution in [1.82, 2.24) is 10.2 Å². The van der Waals surface area contributed by atoms with Gasteiger partial charge in [-0.05, 0) is 24.5 Å². The van der Waals surface area contributed by atoms with E-state index >= 15 is 0 Å². The summed E-state index contributed by atoms with van der Waals surface area (Å²) < 4.78 is 37.8. The zero-order chi connectivity index (χ0) is 16.0. The van der Waals surface area contributed by atoms with Crippen molar-refractivity contribution in [3.05, 3.63) is 35.4 Å². The predicted molar refractivity (Wildman–Crippen MR) is 78.2 cm³/mol. The van der Waals surface area contributed by atoms with Crippen LogP contribution in [-0.2, 0) is 17.5 Å². The number of carbonyl (C=O) groups is 1. The smallest absolute Gasteiger partial charge is 0.341 e. The number of hydrogen-bond donors (Lipinski definition) is 1. The van der Waals surface area contributed by atoms with Crippen molar-refractivity contribution in [2.75, 3.05) is 19.6 Å². The molecule has 0 radical (unpaired) electrons. The van der Waals surface area contributed by atoms with Gasteiger partial charge in [-0.2, -0.15) is 13.2 Å². The standard InChI is InChI=1S/C16H21F3N2O/c17-16(18,19)14-6-4-5-13(11-14)12-20-8-10-21-9-3-1-2-7-15(21)22/h4-6,11,20H,1-3,7-10,12H2. The van der Waals surface area contributed by atoms with E-state index in [-0.39, 0.29) is 5.91 Å². The summed E-state index contributed by atoms with van der Waals surface area (Å²) in [7, 11) is 0. The average molecular weight is 314 g/mol. The van der Waals surface area contributed by atoms with Crippen LogP contribution in [0.25, 0.3) is 0 Å². The lowest BCUT2D eigenvalue weighted by Crippen LogP contribution is -2.36. The Morgan fingerprint density at radius 3 is 2.77 bits per heavy atom. The van der Waals surface area contributed by atoms with Crippen LogP contribution in [0, 0.1) is 0 Å². The summed E-state index contributed by atoms with van der Waals surface area (Å²) in [5.41, 5.74) is -0.0356. The van der Waals surface area contributed by atoms with Crippen LogP contribution in [0.15, 0.2) is 24.3 Å². The van der Waals surface area contributed by atoms with Crippen molar-refractivity contribution in [1.29, 1.82) is 0 Å². The van der Waals surface area contributed by atoms with Crippen molar-refractivity contribution in [3.8, 4) is 0 Å². The maximum atomic E-state index is 12.6. The molecule has 0 aromatic heterocycles. The van der Waals surface area contributed by atoms with Crippen molar-refractivity contribution in [2.24, 2.45) is 0 Å². The second-order valence-electron chi connectivity index (χ2n) is 5.57. The summed E-state index contributed by atoms with van der Waals surface area (Å²) in [5.74, 6) is 0.179. The van der Waals surface area contributed by atoms with E-state index in [0.29, 0.717) is 31.6 Å². The number of likely N-dealkylation sites (tertiary alicyclic amines) is 1. The molecule has 122 valence electrons. The van der Waals surface area contributed by atoms with Crippen molar-refractivity contribution in [2.45, 2.75) is 38.4 Å². The number of hydrogen-bond acceptors (Lipinski definition) is 2. The van der Waals surface area contributed by atoms with E-state index in [1.165, 1.54) is 6.07 Å². The van der Waals surface area contributed by atoms with Crippen LogP contribution in [0.3, 0.4) is 0 Å². The van der Waals surface area contributed by atoms with Gasteiger partial charge in [-0.15, -0.1) is 0 Å². The minimum absolute atomic E-state index is 0.179. The van der Waals surface area contributed by atoms with Crippen LogP contribution >= 0.6 is 0 Å². The molecule has 1 aromatic carbocycles. The highest BCUT2D eigenvalue weighted by Gasteiger charge is 2.30. The first-order chi connectivity index (χ1) is 10.5. The molecule has 1 N–H and O–H groups in total. The van der Waals surface area contributed by atoms with Gasteiger partial charge >= 0.3 is 6.18 Å². The lowest BCUT2D eigenvalue weighted by atomic mass is 10.1. The Hall–Kier alpha value is -1.56. The summed E-state index contributed by atoms with van der Waals surface area (Å²) in [5, 5.41) is 3.11. The number of rotatable bonds is 5. The van der Waals surface area contributed by atoms with Gasteiger partial charge in [-0.25, -0.2) is 0 Å². The minimum atomic E-state index is -4.31. The number of alkyl halides is 3. The molecule has 0 unspecified atom stereocenters. The average Bonchev–Trinajstić information content (AvgIpc) is 2.68. The number of halogens is 3. The Balaban J connectivity index is 1.78. The molecule has 22 heavy (non-hydrogen) atoms. The quantitative estimate of drug-likeness (QED) is 0.847. The van der Waals surface area contributed by atoms with Gasteiger partial charge in [-0.3, -0.25) is 4.79 Å². The summed E-state index contributed by atoms with van der Waals surface area (Å²) in [4.78, 5) is 13.6. The SMILES string of the molecule is O=C1CCCCCN1CCNCc1cccc(C(F)(F)F)c1. The van der Waals surface area contributed by atoms with E-state index in [0.717, 1.165) is 37.9 Å². The summed E-state index contributed by atoms with van der Waals surface area (Å²) in [6.45, 7) is 2.34. The first-order valence-electron chi connectivity index (χ1n) is 7.61. The number of nitrogens with one attached hydrogen (secondary N) is 1. The zero-order valence-corrected chi connectivity index (χ0v) is 12.5. The van der Waals surface area contributed by atoms with Gasteiger partial charge in [0.15, 0.2) is 0 Å². The van der Waals surface area contributed by atoms with Gasteiger partial charge < -0.3 is 10.2 Å². The Kier molecular flexibility index (Phi) is 5.83. The molecule has 0 saturated carbocycles. The van der Waals surface area contributed by atoms with Gasteiger partial charge in [0.1, 0.15) is 0 Å². The van der Waals surface area contributed by atoms with Crippen LogP contribution in [-0.4, -0.2) is 30.4 Å². The second-order valence-corrected chi connectivity index (χ2v) is 5.57. The van der Waals surface area contributed by atoms with Gasteiger partial charge in [-0.1, -0.05) is 24.6 Å². The van der Waals surface area contributed by atoms with Gasteiger partial charge in [0, 0.05) is 32.6 Å². The Labute approximate surface area is 128 Å². The maximum Gasteiger partial charge on any atom is 0.416 e. The fourth-order valence-electron chi connectivity index (χ4n) is 2.58. The van der Waals surface area contributed by atoms with E-state index in [9.17, 15) is 18.0 Å². The molecule has 0 spiro atoms. The van der Waals surface area contributed by atoms with E-state index in [1.54, 1.807) is 6.07 Å². The molecule has 0 bridgehead atoms. The Bertz CT molecular complexity index is 502. The van der Waals surface area contributed by atoms with Gasteiger partial charge in [0.25, 0.3) is 0 Å². The third-order valence-corrected chi connectivity index (χ3v) is 3.81. The molecule has 1 amide bonds. The monoisotopic (exact) mass is 314 g/mol. The van der Waals surface area contributed by atoms with E-state index in [2.05, 4.69) is 5.32 Å². The molecule has 1 heterocycles. The number of amides is 1. The molecule has 0 aliphatic carbocycles. The minimum Gasteiger partial charge on any atom is -0.341 e. The third kappa shape index (κ3) is 5.02. The molecule has 3 nitrogen and oxygen atoms in total. The Morgan fingerprint density at radius 1 is 1.18 bits per heavy atom. The fourth-order valence-corrected chi connectivity index (χ4v) is 2.58. The van der Waals surface area contributed by atoms with E-state index < -0.39 is 11.7 Å². The van der Waals surface area contributed by atoms with E-state index in [1.807, 2.05) is 4.90 Å². The van der Waals surface area contributed by atoms with Gasteiger partial charge in [0.2, 0.25) is 5.91 Å². The number of carbonyl (C=O) groups excluding carboxylic acids is 1. The molecule has 1 saturated heterocycles. The molecule has 1 fully saturated rings. The Morgan fingerprint density at radius 2 is 2.00 bits per heavy atom. The molecule has 6 heteroatoms. The molecule has 0 atom stereocenters. The van der Waals surface area contributed by atoms with Crippen LogP contribution in [0.5, 0.6) is 0 Å². The first-order valence-corrected chi connectivity index (χ1v) is 7.61. The largest absolute Gasteiger partial charge is 0.416 e. The molecule has 2 rings (SSSR count). The third-order valence-electron chi connectivity index (χ3n) is 3.81. The van der Waals surface area contributed by atoms with Crippen LogP contribution in [0.4, 0.5) is 13.2 Å². The van der Waals surface area contributed by atoms with Crippen molar-refractivity contribution in [3.63, 3.8) is 0 Å². The molecular formula is C16H21F3N2O. The lowest BCUT2D eigenvalue weighted by Gasteiger charge is -2.20. The summed E-state index contributed by atoms with van der Waals surface area (Å²) >= 11 is 0. The molecular weight excluding hydrogens is 293 g/mol. The zero-order valence-electron chi connectivity index (χ0n) is 12.5.